The summed E-state index contributed by atoms with van der Waals surface area (Å²) in [5.74, 6) is 0.477. The van der Waals surface area contributed by atoms with Gasteiger partial charge in [0.2, 0.25) is 0 Å². The first-order valence-electron chi connectivity index (χ1n) is 19.2. The van der Waals surface area contributed by atoms with Gasteiger partial charge in [0.05, 0.1) is 0 Å². The van der Waals surface area contributed by atoms with Crippen molar-refractivity contribution in [2.45, 2.75) is 11.8 Å². The summed E-state index contributed by atoms with van der Waals surface area (Å²) in [4.78, 5) is 4.68. The quantitative estimate of drug-likeness (QED) is 0.170. The topological polar surface area (TPSA) is 6.48 Å². The highest BCUT2D eigenvalue weighted by Gasteiger charge is 2.41. The van der Waals surface area contributed by atoms with Gasteiger partial charge in [-0.3, -0.25) is 0 Å². The summed E-state index contributed by atoms with van der Waals surface area (Å²) in [6.45, 7) is 0. The Hall–Kier alpha value is -6.90. The zero-order valence-electron chi connectivity index (χ0n) is 30.6. The van der Waals surface area contributed by atoms with Crippen molar-refractivity contribution in [2.75, 3.05) is 16.8 Å². The van der Waals surface area contributed by atoms with Gasteiger partial charge in [0.15, 0.2) is 0 Å². The van der Waals surface area contributed by atoms with Crippen LogP contribution in [0.3, 0.4) is 0 Å². The Labute approximate surface area is 322 Å². The van der Waals surface area contributed by atoms with Crippen molar-refractivity contribution in [3.63, 3.8) is 0 Å². The number of anilines is 5. The monoisotopic (exact) mass is 702 g/mol. The van der Waals surface area contributed by atoms with Gasteiger partial charge < -0.3 is 9.80 Å². The molecule has 3 aliphatic rings. The van der Waals surface area contributed by atoms with Crippen LogP contribution in [0.25, 0.3) is 32.7 Å². The Morgan fingerprint density at radius 2 is 0.673 bits per heavy atom. The molecule has 3 aliphatic carbocycles. The Bertz CT molecular complexity index is 2860. The lowest BCUT2D eigenvalue weighted by molar-refractivity contribution is 0.754. The number of nitrogens with zero attached hydrogens (tertiary/aromatic N) is 2. The SMILES string of the molecule is CN(c1ccc(-c2ccc(N(c3ccc4c(c3)C3c5ccccc5C4c4ccccc43)c3ccc4ccccc4c3)cc2)cc1)c1ccc2ccccc2c1. The molecule has 0 saturated heterocycles. The van der Waals surface area contributed by atoms with Crippen molar-refractivity contribution >= 4 is 50.0 Å². The smallest absolute Gasteiger partial charge is 0.0468 e. The summed E-state index contributed by atoms with van der Waals surface area (Å²) >= 11 is 0. The lowest BCUT2D eigenvalue weighted by Crippen LogP contribution is -2.27. The second kappa shape index (κ2) is 12.6. The number of fused-ring (bicyclic) bond motifs is 2. The molecule has 0 spiro atoms. The summed E-state index contributed by atoms with van der Waals surface area (Å²) in [6, 6.07) is 73.9. The number of rotatable bonds is 6. The van der Waals surface area contributed by atoms with Crippen LogP contribution in [0, 0.1) is 0 Å². The van der Waals surface area contributed by atoms with Crippen molar-refractivity contribution in [1.82, 2.24) is 0 Å². The predicted octanol–water partition coefficient (Wildman–Crippen LogP) is 13.9. The molecule has 0 N–H and O–H groups in total. The molecule has 0 saturated carbocycles. The zero-order valence-corrected chi connectivity index (χ0v) is 30.6. The normalized spacial score (nSPS) is 15.0. The summed E-state index contributed by atoms with van der Waals surface area (Å²) in [6.07, 6.45) is 0. The minimum Gasteiger partial charge on any atom is -0.345 e. The van der Waals surface area contributed by atoms with Gasteiger partial charge in [0.25, 0.3) is 0 Å². The average Bonchev–Trinajstić information content (AvgIpc) is 3.26. The fraction of sp³-hybridized carbons (Fsp3) is 0.0566. The van der Waals surface area contributed by atoms with Gasteiger partial charge in [-0.15, -0.1) is 0 Å². The molecule has 0 radical (unpaired) electrons. The van der Waals surface area contributed by atoms with E-state index in [1.54, 1.807) is 0 Å². The van der Waals surface area contributed by atoms with E-state index in [1.165, 1.54) is 77.4 Å². The van der Waals surface area contributed by atoms with Crippen LogP contribution in [-0.2, 0) is 0 Å². The van der Waals surface area contributed by atoms with Gasteiger partial charge >= 0.3 is 0 Å². The van der Waals surface area contributed by atoms with E-state index in [-0.39, 0.29) is 11.8 Å². The van der Waals surface area contributed by atoms with E-state index >= 15 is 0 Å². The van der Waals surface area contributed by atoms with E-state index in [0.29, 0.717) is 0 Å². The Morgan fingerprint density at radius 1 is 0.291 bits per heavy atom. The van der Waals surface area contributed by atoms with Crippen LogP contribution in [0.1, 0.15) is 45.2 Å². The largest absolute Gasteiger partial charge is 0.345 e. The van der Waals surface area contributed by atoms with Crippen molar-refractivity contribution < 1.29 is 0 Å². The van der Waals surface area contributed by atoms with E-state index < -0.39 is 0 Å². The maximum absolute atomic E-state index is 2.47. The Morgan fingerprint density at radius 3 is 1.24 bits per heavy atom. The van der Waals surface area contributed by atoms with Crippen molar-refractivity contribution in [1.29, 1.82) is 0 Å². The molecule has 0 amide bonds. The fourth-order valence-corrected chi connectivity index (χ4v) is 9.27. The molecular formula is C53H38N2. The Kier molecular flexibility index (Phi) is 7.25. The first kappa shape index (κ1) is 31.6. The second-order valence-electron chi connectivity index (χ2n) is 15.0. The van der Waals surface area contributed by atoms with Gasteiger partial charge in [-0.05, 0) is 127 Å². The van der Waals surface area contributed by atoms with Crippen LogP contribution in [-0.4, -0.2) is 7.05 Å². The van der Waals surface area contributed by atoms with Gasteiger partial charge in [0.1, 0.15) is 0 Å². The van der Waals surface area contributed by atoms with Gasteiger partial charge in [-0.1, -0.05) is 140 Å². The highest BCUT2D eigenvalue weighted by molar-refractivity contribution is 5.90. The summed E-state index contributed by atoms with van der Waals surface area (Å²) < 4.78 is 0. The summed E-state index contributed by atoms with van der Waals surface area (Å²) in [7, 11) is 2.14. The first-order chi connectivity index (χ1) is 27.2. The van der Waals surface area contributed by atoms with Gasteiger partial charge in [0, 0.05) is 47.3 Å². The molecule has 12 rings (SSSR count). The highest BCUT2D eigenvalue weighted by atomic mass is 15.1. The maximum atomic E-state index is 2.47. The zero-order chi connectivity index (χ0) is 36.5. The molecule has 2 heteroatoms. The molecule has 9 aromatic carbocycles. The Balaban J connectivity index is 0.963. The molecular weight excluding hydrogens is 665 g/mol. The average molecular weight is 703 g/mol. The van der Waals surface area contributed by atoms with E-state index in [4.69, 9.17) is 0 Å². The molecule has 260 valence electrons. The third-order valence-corrected chi connectivity index (χ3v) is 12.0. The van der Waals surface area contributed by atoms with Crippen LogP contribution < -0.4 is 9.80 Å². The maximum Gasteiger partial charge on any atom is 0.0468 e. The van der Waals surface area contributed by atoms with Crippen LogP contribution in [0.2, 0.25) is 0 Å². The molecule has 55 heavy (non-hydrogen) atoms. The molecule has 0 aromatic heterocycles. The molecule has 0 unspecified atom stereocenters. The number of benzene rings is 9. The molecule has 2 bridgehead atoms. The second-order valence-corrected chi connectivity index (χ2v) is 15.0. The number of hydrogen-bond donors (Lipinski definition) is 0. The molecule has 2 nitrogen and oxygen atoms in total. The minimum absolute atomic E-state index is 0.219. The fourth-order valence-electron chi connectivity index (χ4n) is 9.27. The molecule has 9 aromatic rings. The van der Waals surface area contributed by atoms with E-state index in [2.05, 4.69) is 217 Å². The molecule has 0 aliphatic heterocycles. The number of hydrogen-bond acceptors (Lipinski definition) is 2. The van der Waals surface area contributed by atoms with E-state index in [1.807, 2.05) is 0 Å². The summed E-state index contributed by atoms with van der Waals surface area (Å²) in [5.41, 5.74) is 16.8. The highest BCUT2D eigenvalue weighted by Crippen LogP contribution is 2.56. The lowest BCUT2D eigenvalue weighted by Gasteiger charge is -2.42. The first-order valence-corrected chi connectivity index (χ1v) is 19.2. The standard InChI is InChI=1S/C53H38N2/c1-54(43-28-22-35-10-2-4-12-39(35)32-43)41-24-18-37(19-25-41)38-20-26-42(27-21-38)55(44-29-23-36-11-3-5-13-40(36)33-44)45-30-31-50-51(34-45)53-48-16-8-6-14-46(48)52(50)47-15-7-9-17-49(47)53/h2-34,52-53H,1H3. The third-order valence-electron chi connectivity index (χ3n) is 12.0. The van der Waals surface area contributed by atoms with Crippen LogP contribution in [0.4, 0.5) is 28.4 Å². The van der Waals surface area contributed by atoms with Crippen LogP contribution >= 0.6 is 0 Å². The third kappa shape index (κ3) is 5.17. The minimum atomic E-state index is 0.219. The van der Waals surface area contributed by atoms with Crippen LogP contribution in [0.15, 0.2) is 200 Å². The molecule has 0 fully saturated rings. The van der Waals surface area contributed by atoms with Gasteiger partial charge in [-0.25, -0.2) is 0 Å². The molecule has 0 atom stereocenters. The summed E-state index contributed by atoms with van der Waals surface area (Å²) in [5, 5.41) is 4.98. The van der Waals surface area contributed by atoms with E-state index in [9.17, 15) is 0 Å². The van der Waals surface area contributed by atoms with Crippen molar-refractivity contribution in [2.24, 2.45) is 0 Å². The van der Waals surface area contributed by atoms with Crippen molar-refractivity contribution in [3.05, 3.63) is 234 Å². The van der Waals surface area contributed by atoms with E-state index in [0.717, 1.165) is 17.1 Å². The predicted molar refractivity (Wildman–Crippen MR) is 231 cm³/mol. The van der Waals surface area contributed by atoms with Gasteiger partial charge in [-0.2, -0.15) is 0 Å². The lowest BCUT2D eigenvalue weighted by atomic mass is 9.61. The molecule has 0 heterocycles. The van der Waals surface area contributed by atoms with Crippen LogP contribution in [0.5, 0.6) is 0 Å². The van der Waals surface area contributed by atoms with Crippen molar-refractivity contribution in [3.8, 4) is 11.1 Å².